The Morgan fingerprint density at radius 2 is 2.21 bits per heavy atom. The Morgan fingerprint density at radius 3 is 2.84 bits per heavy atom. The number of hydrogen-bond acceptors (Lipinski definition) is 4. The van der Waals surface area contributed by atoms with Crippen molar-refractivity contribution in [3.05, 3.63) is 41.7 Å². The molecule has 0 fully saturated rings. The maximum absolute atomic E-state index is 11.9. The normalized spacial score (nSPS) is 12.1. The largest absolute Gasteiger partial charge is 0.367 e. The lowest BCUT2D eigenvalue weighted by atomic mass is 10.0. The summed E-state index contributed by atoms with van der Waals surface area (Å²) in [6.07, 6.45) is 1.44. The lowest BCUT2D eigenvalue weighted by molar-refractivity contribution is -0.122. The van der Waals surface area contributed by atoms with E-state index in [4.69, 9.17) is 5.73 Å². The third-order valence-corrected chi connectivity index (χ3v) is 2.89. The topological polar surface area (TPSA) is 85.8 Å². The lowest BCUT2D eigenvalue weighted by Crippen LogP contribution is -2.30. The Morgan fingerprint density at radius 1 is 1.47 bits per heavy atom. The van der Waals surface area contributed by atoms with E-state index in [0.717, 1.165) is 11.1 Å². The van der Waals surface area contributed by atoms with Gasteiger partial charge in [-0.2, -0.15) is 0 Å². The summed E-state index contributed by atoms with van der Waals surface area (Å²) < 4.78 is 1.41. The quantitative estimate of drug-likeness (QED) is 0.859. The fraction of sp³-hybridized carbons (Fsp3) is 0.308. The van der Waals surface area contributed by atoms with E-state index < -0.39 is 0 Å². The zero-order valence-electron chi connectivity index (χ0n) is 11.0. The highest BCUT2D eigenvalue weighted by Gasteiger charge is 2.12. The van der Waals surface area contributed by atoms with Gasteiger partial charge in [-0.1, -0.05) is 24.3 Å². The standard InChI is InChI=1S/C13H17N5O/c1-9-5-3-4-6-11(9)10(2)16-12(19)7-18-8-15-13(14)17-18/h3-6,8,10H,7H2,1-2H3,(H2,14,17)(H,16,19). The molecule has 1 aromatic carbocycles. The third-order valence-electron chi connectivity index (χ3n) is 2.89. The van der Waals surface area contributed by atoms with Crippen LogP contribution in [-0.4, -0.2) is 20.7 Å². The van der Waals surface area contributed by atoms with E-state index in [1.807, 2.05) is 38.1 Å². The fourth-order valence-electron chi connectivity index (χ4n) is 1.97. The second kappa shape index (κ2) is 5.51. The first-order chi connectivity index (χ1) is 9.06. The van der Waals surface area contributed by atoms with Crippen LogP contribution in [0.25, 0.3) is 0 Å². The van der Waals surface area contributed by atoms with Crippen LogP contribution >= 0.6 is 0 Å². The number of benzene rings is 1. The molecule has 0 radical (unpaired) electrons. The Hall–Kier alpha value is -2.37. The van der Waals surface area contributed by atoms with Gasteiger partial charge in [-0.3, -0.25) is 4.79 Å². The van der Waals surface area contributed by atoms with Gasteiger partial charge < -0.3 is 11.1 Å². The first-order valence-electron chi connectivity index (χ1n) is 6.06. The van der Waals surface area contributed by atoms with Gasteiger partial charge in [0.25, 0.3) is 0 Å². The number of nitrogen functional groups attached to an aromatic ring is 1. The van der Waals surface area contributed by atoms with Gasteiger partial charge in [0.2, 0.25) is 11.9 Å². The van der Waals surface area contributed by atoms with Crippen molar-refractivity contribution in [3.8, 4) is 0 Å². The van der Waals surface area contributed by atoms with Crippen molar-refractivity contribution in [3.63, 3.8) is 0 Å². The van der Waals surface area contributed by atoms with Crippen LogP contribution in [0.4, 0.5) is 5.95 Å². The number of rotatable bonds is 4. The SMILES string of the molecule is Cc1ccccc1C(C)NC(=O)Cn1cnc(N)n1. The molecule has 1 atom stereocenters. The highest BCUT2D eigenvalue weighted by molar-refractivity contribution is 5.76. The first kappa shape index (κ1) is 13.1. The van der Waals surface area contributed by atoms with Crippen LogP contribution < -0.4 is 11.1 Å². The van der Waals surface area contributed by atoms with Gasteiger partial charge in [-0.15, -0.1) is 5.10 Å². The molecule has 0 saturated carbocycles. The van der Waals surface area contributed by atoms with Crippen LogP contribution in [0.2, 0.25) is 0 Å². The molecule has 6 heteroatoms. The van der Waals surface area contributed by atoms with Crippen LogP contribution in [0.5, 0.6) is 0 Å². The molecule has 6 nitrogen and oxygen atoms in total. The van der Waals surface area contributed by atoms with Crippen molar-refractivity contribution in [2.75, 3.05) is 5.73 Å². The van der Waals surface area contributed by atoms with Gasteiger partial charge in [0, 0.05) is 0 Å². The maximum atomic E-state index is 11.9. The summed E-state index contributed by atoms with van der Waals surface area (Å²) in [5.74, 6) is 0.0420. The predicted octanol–water partition coefficient (Wildman–Crippen LogP) is 1.05. The summed E-state index contributed by atoms with van der Waals surface area (Å²) in [5.41, 5.74) is 7.65. The highest BCUT2D eigenvalue weighted by Crippen LogP contribution is 2.16. The number of anilines is 1. The summed E-state index contributed by atoms with van der Waals surface area (Å²) >= 11 is 0. The summed E-state index contributed by atoms with van der Waals surface area (Å²) in [6, 6.07) is 7.92. The molecular formula is C13H17N5O. The highest BCUT2D eigenvalue weighted by atomic mass is 16.2. The average Bonchev–Trinajstić information content (AvgIpc) is 2.74. The molecule has 100 valence electrons. The molecule has 0 saturated heterocycles. The van der Waals surface area contributed by atoms with Gasteiger partial charge >= 0.3 is 0 Å². The summed E-state index contributed by atoms with van der Waals surface area (Å²) in [5, 5.41) is 6.80. The number of aryl methyl sites for hydroxylation is 1. The van der Waals surface area contributed by atoms with Crippen molar-refractivity contribution < 1.29 is 4.79 Å². The molecule has 0 aliphatic heterocycles. The molecule has 0 bridgehead atoms. The second-order valence-corrected chi connectivity index (χ2v) is 4.45. The molecule has 2 aromatic rings. The monoisotopic (exact) mass is 259 g/mol. The van der Waals surface area contributed by atoms with Crippen molar-refractivity contribution in [2.24, 2.45) is 0 Å². The molecule has 1 unspecified atom stereocenters. The summed E-state index contributed by atoms with van der Waals surface area (Å²) in [6.45, 7) is 4.09. The van der Waals surface area contributed by atoms with E-state index in [-0.39, 0.29) is 24.4 Å². The van der Waals surface area contributed by atoms with Crippen LogP contribution in [0.15, 0.2) is 30.6 Å². The molecule has 1 aromatic heterocycles. The van der Waals surface area contributed by atoms with Crippen LogP contribution in [0, 0.1) is 6.92 Å². The van der Waals surface area contributed by atoms with Crippen LogP contribution in [0.3, 0.4) is 0 Å². The number of nitrogens with zero attached hydrogens (tertiary/aromatic N) is 3. The number of carbonyl (C=O) groups is 1. The van der Waals surface area contributed by atoms with Crippen LogP contribution in [-0.2, 0) is 11.3 Å². The average molecular weight is 259 g/mol. The van der Waals surface area contributed by atoms with Gasteiger partial charge in [0.15, 0.2) is 0 Å². The third kappa shape index (κ3) is 3.31. The van der Waals surface area contributed by atoms with Crippen molar-refractivity contribution in [2.45, 2.75) is 26.4 Å². The van der Waals surface area contributed by atoms with E-state index in [0.29, 0.717) is 0 Å². The molecule has 0 aliphatic rings. The minimum absolute atomic E-state index is 0.0467. The number of carbonyl (C=O) groups excluding carboxylic acids is 1. The minimum Gasteiger partial charge on any atom is -0.367 e. The Kier molecular flexibility index (Phi) is 3.79. The van der Waals surface area contributed by atoms with Gasteiger partial charge in [-0.05, 0) is 25.0 Å². The Balaban J connectivity index is 1.97. The predicted molar refractivity (Wildman–Crippen MR) is 72.2 cm³/mol. The zero-order chi connectivity index (χ0) is 13.8. The van der Waals surface area contributed by atoms with Crippen LogP contribution in [0.1, 0.15) is 24.1 Å². The molecule has 1 amide bonds. The van der Waals surface area contributed by atoms with Gasteiger partial charge in [-0.25, -0.2) is 9.67 Å². The number of nitrogens with two attached hydrogens (primary N) is 1. The Bertz CT molecular complexity index is 578. The van der Waals surface area contributed by atoms with E-state index >= 15 is 0 Å². The maximum Gasteiger partial charge on any atom is 0.242 e. The van der Waals surface area contributed by atoms with Crippen molar-refractivity contribution >= 4 is 11.9 Å². The summed E-state index contributed by atoms with van der Waals surface area (Å²) in [4.78, 5) is 15.6. The zero-order valence-corrected chi connectivity index (χ0v) is 11.0. The van der Waals surface area contributed by atoms with Gasteiger partial charge in [0.05, 0.1) is 6.04 Å². The van der Waals surface area contributed by atoms with E-state index in [1.165, 1.54) is 11.0 Å². The summed E-state index contributed by atoms with van der Waals surface area (Å²) in [7, 11) is 0. The van der Waals surface area contributed by atoms with Gasteiger partial charge in [0.1, 0.15) is 12.9 Å². The van der Waals surface area contributed by atoms with Crippen molar-refractivity contribution in [1.29, 1.82) is 0 Å². The first-order valence-corrected chi connectivity index (χ1v) is 6.06. The molecule has 19 heavy (non-hydrogen) atoms. The molecule has 1 heterocycles. The van der Waals surface area contributed by atoms with Crippen molar-refractivity contribution in [1.82, 2.24) is 20.1 Å². The molecule has 0 aliphatic carbocycles. The molecule has 0 spiro atoms. The number of hydrogen-bond donors (Lipinski definition) is 2. The second-order valence-electron chi connectivity index (χ2n) is 4.45. The molecular weight excluding hydrogens is 242 g/mol. The lowest BCUT2D eigenvalue weighted by Gasteiger charge is -2.16. The Labute approximate surface area is 111 Å². The van der Waals surface area contributed by atoms with E-state index in [9.17, 15) is 4.79 Å². The number of aromatic nitrogens is 3. The fourth-order valence-corrected chi connectivity index (χ4v) is 1.97. The van der Waals surface area contributed by atoms with E-state index in [1.54, 1.807) is 0 Å². The van der Waals surface area contributed by atoms with E-state index in [2.05, 4.69) is 15.4 Å². The number of nitrogens with one attached hydrogen (secondary N) is 1. The number of amides is 1. The molecule has 2 rings (SSSR count). The smallest absolute Gasteiger partial charge is 0.242 e. The minimum atomic E-state index is -0.124. The molecule has 3 N–H and O–H groups in total.